The van der Waals surface area contributed by atoms with E-state index in [4.69, 9.17) is 15.4 Å². The maximum absolute atomic E-state index is 10.9. The summed E-state index contributed by atoms with van der Waals surface area (Å²) in [6.07, 6.45) is 4.97. The van der Waals surface area contributed by atoms with Crippen molar-refractivity contribution in [2.24, 2.45) is 0 Å². The molecule has 0 unspecified atom stereocenters. The van der Waals surface area contributed by atoms with Gasteiger partial charge in [-0.2, -0.15) is 5.26 Å². The van der Waals surface area contributed by atoms with Gasteiger partial charge in [0.2, 0.25) is 0 Å². The van der Waals surface area contributed by atoms with E-state index in [9.17, 15) is 4.79 Å². The molecule has 5 heteroatoms. The average Bonchev–Trinajstić information content (AvgIpc) is 2.14. The molecular formula is C9H12N2O2S. The fourth-order valence-corrected chi connectivity index (χ4v) is 1.40. The Morgan fingerprint density at radius 3 is 2.64 bits per heavy atom. The zero-order chi connectivity index (χ0) is 11.0. The molecule has 0 bridgehead atoms. The number of carbonyl (C=O) groups excluding carboxylic acids is 1. The molecule has 0 saturated heterocycles. The number of hydrogen-bond donors (Lipinski definition) is 0. The SMILES string of the molecule is C[S+](C)CCCOC(=O)C(=C=[N-])C#N. The highest BCUT2D eigenvalue weighted by atomic mass is 32.2. The molecule has 0 saturated carbocycles. The van der Waals surface area contributed by atoms with E-state index in [0.717, 1.165) is 12.2 Å². The maximum Gasteiger partial charge on any atom is 0.355 e. The Kier molecular flexibility index (Phi) is 6.55. The average molecular weight is 212 g/mol. The molecule has 0 spiro atoms. The van der Waals surface area contributed by atoms with Crippen LogP contribution in [-0.2, 0) is 20.4 Å². The first-order valence-electron chi connectivity index (χ1n) is 4.00. The zero-order valence-corrected chi connectivity index (χ0v) is 9.06. The van der Waals surface area contributed by atoms with Crippen molar-refractivity contribution in [3.63, 3.8) is 0 Å². The predicted octanol–water partition coefficient (Wildman–Crippen LogP) is 0.487. The van der Waals surface area contributed by atoms with Gasteiger partial charge in [0.25, 0.3) is 0 Å². The molecule has 0 aromatic carbocycles. The minimum atomic E-state index is -0.818. The van der Waals surface area contributed by atoms with Gasteiger partial charge in [-0.25, -0.2) is 10.7 Å². The zero-order valence-electron chi connectivity index (χ0n) is 8.24. The first-order valence-corrected chi connectivity index (χ1v) is 6.21. The minimum absolute atomic E-state index is 0.275. The molecule has 0 N–H and O–H groups in total. The smallest absolute Gasteiger partial charge is 0.355 e. The molecule has 0 rings (SSSR count). The van der Waals surface area contributed by atoms with Crippen molar-refractivity contribution < 1.29 is 9.53 Å². The van der Waals surface area contributed by atoms with Crippen LogP contribution >= 0.6 is 0 Å². The summed E-state index contributed by atoms with van der Waals surface area (Å²) < 4.78 is 4.72. The van der Waals surface area contributed by atoms with E-state index < -0.39 is 11.5 Å². The lowest BCUT2D eigenvalue weighted by Gasteiger charge is -2.01. The lowest BCUT2D eigenvalue weighted by Crippen LogP contribution is -2.11. The van der Waals surface area contributed by atoms with E-state index in [0.29, 0.717) is 10.9 Å². The van der Waals surface area contributed by atoms with Crippen molar-refractivity contribution in [1.29, 1.82) is 5.26 Å². The summed E-state index contributed by atoms with van der Waals surface area (Å²) in [4.78, 5) is 10.9. The van der Waals surface area contributed by atoms with Crippen LogP contribution in [0, 0.1) is 11.3 Å². The molecular weight excluding hydrogens is 200 g/mol. The summed E-state index contributed by atoms with van der Waals surface area (Å²) in [6.45, 7) is 0.275. The number of nitrogens with zero attached hydrogens (tertiary/aromatic N) is 2. The van der Waals surface area contributed by atoms with Crippen LogP contribution < -0.4 is 0 Å². The van der Waals surface area contributed by atoms with Crippen molar-refractivity contribution >= 4 is 22.7 Å². The quantitative estimate of drug-likeness (QED) is 0.166. The largest absolute Gasteiger partial charge is 0.762 e. The van der Waals surface area contributed by atoms with E-state index in [1.807, 2.05) is 0 Å². The van der Waals surface area contributed by atoms with Gasteiger partial charge < -0.3 is 10.1 Å². The van der Waals surface area contributed by atoms with Crippen molar-refractivity contribution in [1.82, 2.24) is 0 Å². The Balaban J connectivity index is 3.77. The molecule has 0 atom stereocenters. The van der Waals surface area contributed by atoms with Gasteiger partial charge in [0.05, 0.1) is 19.1 Å². The number of esters is 1. The molecule has 0 aliphatic heterocycles. The molecule has 4 nitrogen and oxygen atoms in total. The van der Waals surface area contributed by atoms with Crippen LogP contribution in [0.5, 0.6) is 0 Å². The first kappa shape index (κ1) is 12.8. The van der Waals surface area contributed by atoms with Gasteiger partial charge in [-0.1, -0.05) is 0 Å². The Bertz CT molecular complexity index is 288. The maximum atomic E-state index is 10.9. The number of carbonyl (C=O) groups is 1. The van der Waals surface area contributed by atoms with E-state index in [1.54, 1.807) is 0 Å². The molecule has 0 radical (unpaired) electrons. The highest BCUT2D eigenvalue weighted by Gasteiger charge is 2.08. The van der Waals surface area contributed by atoms with Crippen LogP contribution in [0.15, 0.2) is 5.57 Å². The number of ether oxygens (including phenoxy) is 1. The summed E-state index contributed by atoms with van der Waals surface area (Å²) >= 11 is 0. The van der Waals surface area contributed by atoms with Crippen LogP contribution in [-0.4, -0.2) is 36.7 Å². The second-order valence-electron chi connectivity index (χ2n) is 2.78. The van der Waals surface area contributed by atoms with E-state index in [1.165, 1.54) is 11.9 Å². The van der Waals surface area contributed by atoms with Crippen LogP contribution in [0.2, 0.25) is 0 Å². The van der Waals surface area contributed by atoms with E-state index in [2.05, 4.69) is 12.5 Å². The molecule has 0 amide bonds. The summed E-state index contributed by atoms with van der Waals surface area (Å²) in [5.41, 5.74) is -0.489. The first-order chi connectivity index (χ1) is 6.61. The normalized spacial score (nSPS) is 9.00. The fourth-order valence-electron chi connectivity index (χ4n) is 0.701. The topological polar surface area (TPSA) is 72.4 Å². The summed E-state index contributed by atoms with van der Waals surface area (Å²) in [6, 6.07) is 1.48. The molecule has 0 heterocycles. The molecule has 0 aromatic rings. The fraction of sp³-hybridized carbons (Fsp3) is 0.556. The highest BCUT2D eigenvalue weighted by molar-refractivity contribution is 7.95. The number of hydrogen-bond acceptors (Lipinski definition) is 3. The van der Waals surface area contributed by atoms with Crippen LogP contribution in [0.1, 0.15) is 6.42 Å². The minimum Gasteiger partial charge on any atom is -0.762 e. The second-order valence-corrected chi connectivity index (χ2v) is 5.16. The standard InChI is InChI=1S/C9H12N2O2S/c1-14(2)5-3-4-13-9(12)8(6-10)7-11/h3-5H2,1-2H3. The van der Waals surface area contributed by atoms with Crippen LogP contribution in [0.3, 0.4) is 0 Å². The monoisotopic (exact) mass is 212 g/mol. The van der Waals surface area contributed by atoms with Crippen molar-refractivity contribution in [3.8, 4) is 6.07 Å². The highest BCUT2D eigenvalue weighted by Crippen LogP contribution is 1.95. The molecule has 0 aliphatic rings. The van der Waals surface area contributed by atoms with Gasteiger partial charge in [-0.15, -0.1) is 0 Å². The van der Waals surface area contributed by atoms with E-state index in [-0.39, 0.29) is 6.61 Å². The second kappa shape index (κ2) is 7.19. The van der Waals surface area contributed by atoms with Gasteiger partial charge >= 0.3 is 5.97 Å². The Morgan fingerprint density at radius 1 is 1.57 bits per heavy atom. The Hall–Kier alpha value is -1.24. The molecule has 0 aliphatic carbocycles. The van der Waals surface area contributed by atoms with Gasteiger partial charge in [-0.3, -0.25) is 0 Å². The van der Waals surface area contributed by atoms with Crippen molar-refractivity contribution in [3.05, 3.63) is 11.0 Å². The third kappa shape index (κ3) is 5.41. The van der Waals surface area contributed by atoms with Crippen molar-refractivity contribution in [2.75, 3.05) is 24.9 Å². The third-order valence-electron chi connectivity index (χ3n) is 1.36. The van der Waals surface area contributed by atoms with E-state index >= 15 is 0 Å². The lowest BCUT2D eigenvalue weighted by atomic mass is 10.3. The molecule has 14 heavy (non-hydrogen) atoms. The van der Waals surface area contributed by atoms with Gasteiger partial charge in [0.1, 0.15) is 11.8 Å². The lowest BCUT2D eigenvalue weighted by molar-refractivity contribution is -0.138. The summed E-state index contributed by atoms with van der Waals surface area (Å²) in [5, 5.41) is 16.7. The molecule has 0 fully saturated rings. The van der Waals surface area contributed by atoms with Gasteiger partial charge in [-0.05, 0) is 10.9 Å². The van der Waals surface area contributed by atoms with Crippen LogP contribution in [0.25, 0.3) is 5.41 Å². The number of nitriles is 1. The van der Waals surface area contributed by atoms with Crippen molar-refractivity contribution in [2.45, 2.75) is 6.42 Å². The van der Waals surface area contributed by atoms with Gasteiger partial charge in [0, 0.05) is 6.42 Å². The van der Waals surface area contributed by atoms with Gasteiger partial charge in [0.15, 0.2) is 5.57 Å². The molecule has 0 aromatic heterocycles. The Morgan fingerprint density at radius 2 is 2.21 bits per heavy atom. The predicted molar refractivity (Wildman–Crippen MR) is 57.1 cm³/mol. The third-order valence-corrected chi connectivity index (χ3v) is 2.46. The summed E-state index contributed by atoms with van der Waals surface area (Å²) in [7, 11) is 0.327. The number of rotatable bonds is 5. The molecule has 76 valence electrons. The van der Waals surface area contributed by atoms with Crippen LogP contribution in [0.4, 0.5) is 0 Å². The Labute approximate surface area is 86.4 Å². The summed E-state index contributed by atoms with van der Waals surface area (Å²) in [5.74, 6) is 1.65.